The zero-order chi connectivity index (χ0) is 35.0. The number of hydrogen-bond acceptors (Lipinski definition) is 9. The van der Waals surface area contributed by atoms with Gasteiger partial charge in [-0.05, 0) is 42.9 Å². The third kappa shape index (κ3) is 9.52. The van der Waals surface area contributed by atoms with Gasteiger partial charge in [-0.2, -0.15) is 8.42 Å². The molecule has 0 fully saturated rings. The van der Waals surface area contributed by atoms with E-state index < -0.39 is 55.6 Å². The first-order valence-electron chi connectivity index (χ1n) is 15.8. The lowest BCUT2D eigenvalue weighted by Crippen LogP contribution is -2.43. The molecular weight excluding hydrogens is 675 g/mol. The molecule has 0 bridgehead atoms. The van der Waals surface area contributed by atoms with Crippen molar-refractivity contribution in [3.63, 3.8) is 0 Å². The minimum Gasteiger partial charge on any atom is -0.483 e. The number of fused-ring (bicyclic) bond motifs is 1. The zero-order valence-corrected chi connectivity index (χ0v) is 29.8. The fraction of sp³-hybridized carbons (Fsp3) is 0.412. The number of para-hydroxylation sites is 1. The monoisotopic (exact) mass is 717 g/mol. The Bertz CT molecular complexity index is 1790. The number of nitrogens with one attached hydrogen (secondary N) is 2. The van der Waals surface area contributed by atoms with Crippen LogP contribution in [0.1, 0.15) is 51.1 Å². The molecule has 0 saturated heterocycles. The Morgan fingerprint density at radius 1 is 1.06 bits per heavy atom. The highest BCUT2D eigenvalue weighted by molar-refractivity contribution is 7.98. The van der Waals surface area contributed by atoms with E-state index in [0.717, 1.165) is 24.9 Å². The third-order valence-electron chi connectivity index (χ3n) is 8.46. The number of carbonyl (C=O) groups excluding carboxylic acids is 2. The van der Waals surface area contributed by atoms with Crippen LogP contribution in [0.5, 0.6) is 5.75 Å². The Morgan fingerprint density at radius 2 is 1.73 bits per heavy atom. The number of rotatable bonds is 15. The van der Waals surface area contributed by atoms with Crippen LogP contribution in [0.4, 0.5) is 11.4 Å². The van der Waals surface area contributed by atoms with Gasteiger partial charge >= 0.3 is 0 Å². The largest absolute Gasteiger partial charge is 0.483 e. The van der Waals surface area contributed by atoms with Crippen LogP contribution < -0.4 is 20.3 Å². The van der Waals surface area contributed by atoms with Crippen LogP contribution in [0.3, 0.4) is 0 Å². The van der Waals surface area contributed by atoms with Crippen molar-refractivity contribution in [2.24, 2.45) is 5.41 Å². The Balaban J connectivity index is 1.64. The molecule has 260 valence electrons. The molecule has 1 aliphatic heterocycles. The number of sulfone groups is 1. The third-order valence-corrected chi connectivity index (χ3v) is 11.9. The smallest absolute Gasteiger partial charge is 0.266 e. The number of anilines is 2. The Morgan fingerprint density at radius 3 is 2.33 bits per heavy atom. The number of benzene rings is 3. The number of carbonyl (C=O) groups is 2. The molecule has 0 saturated carbocycles. The van der Waals surface area contributed by atoms with Gasteiger partial charge in [0.05, 0.1) is 27.0 Å². The maximum absolute atomic E-state index is 14.2. The van der Waals surface area contributed by atoms with Gasteiger partial charge in [0.1, 0.15) is 11.8 Å². The maximum atomic E-state index is 14.2. The van der Waals surface area contributed by atoms with E-state index in [2.05, 4.69) is 22.5 Å². The minimum atomic E-state index is -4.30. The van der Waals surface area contributed by atoms with Crippen molar-refractivity contribution >= 4 is 54.9 Å². The first kappa shape index (κ1) is 37.2. The number of amides is 2. The second-order valence-corrected chi connectivity index (χ2v) is 16.3. The lowest BCUT2D eigenvalue weighted by molar-refractivity contribution is -0.130. The number of hydrogen-bond donors (Lipinski definition) is 3. The van der Waals surface area contributed by atoms with E-state index >= 15 is 0 Å². The highest BCUT2D eigenvalue weighted by Gasteiger charge is 2.42. The first-order valence-corrected chi connectivity index (χ1v) is 20.3. The van der Waals surface area contributed by atoms with E-state index in [1.807, 2.05) is 43.5 Å². The fourth-order valence-corrected chi connectivity index (χ4v) is 8.92. The van der Waals surface area contributed by atoms with Crippen LogP contribution in [-0.2, 0) is 29.5 Å². The van der Waals surface area contributed by atoms with Crippen molar-refractivity contribution < 1.29 is 35.7 Å². The average Bonchev–Trinajstić information content (AvgIpc) is 3.16. The van der Waals surface area contributed by atoms with E-state index in [1.54, 1.807) is 36.4 Å². The van der Waals surface area contributed by atoms with Gasteiger partial charge in [-0.3, -0.25) is 14.1 Å². The van der Waals surface area contributed by atoms with Crippen molar-refractivity contribution in [1.29, 1.82) is 0 Å². The molecule has 0 aliphatic carbocycles. The summed E-state index contributed by atoms with van der Waals surface area (Å²) in [6, 6.07) is 20.2. The van der Waals surface area contributed by atoms with Crippen LogP contribution in [0.2, 0.25) is 0 Å². The quantitative estimate of drug-likeness (QED) is 0.142. The molecule has 0 unspecified atom stereocenters. The van der Waals surface area contributed by atoms with Gasteiger partial charge in [0.15, 0.2) is 16.4 Å². The van der Waals surface area contributed by atoms with Crippen LogP contribution in [0.15, 0.2) is 82.6 Å². The Kier molecular flexibility index (Phi) is 12.6. The van der Waals surface area contributed by atoms with Gasteiger partial charge in [0, 0.05) is 30.3 Å². The maximum Gasteiger partial charge on any atom is 0.266 e. The van der Waals surface area contributed by atoms with Crippen molar-refractivity contribution in [3.8, 4) is 5.75 Å². The standard InChI is InChI=1S/C34H43N3O8S3/c1-4-6-17-34(5-2)23-37(26-15-11-8-12-16-26)27-20-29(46-3)28(21-30(27)47(40,41)24-34)45-22-31(38)36-32(25-13-9-7-10-14-25)33(39)35-18-19-48(42,43)44/h7-16,20-21,32H,4-6,17-19,22-24H2,1-3H3,(H,35,39)(H,36,38)(H,42,43,44)/t32-,34-/m1/s1. The normalized spacial score (nSPS) is 17.9. The lowest BCUT2D eigenvalue weighted by atomic mass is 9.81. The topological polar surface area (TPSA) is 159 Å². The minimum absolute atomic E-state index is 0.0170. The van der Waals surface area contributed by atoms with Gasteiger partial charge in [0.2, 0.25) is 5.91 Å². The molecule has 1 aliphatic rings. The second-order valence-electron chi connectivity index (χ2n) is 11.9. The summed E-state index contributed by atoms with van der Waals surface area (Å²) in [6.07, 6.45) is 5.15. The molecule has 0 aromatic heterocycles. The van der Waals surface area contributed by atoms with Gasteiger partial charge in [-0.25, -0.2) is 8.42 Å². The highest BCUT2D eigenvalue weighted by atomic mass is 32.2. The Hall–Kier alpha value is -3.59. The summed E-state index contributed by atoms with van der Waals surface area (Å²) in [4.78, 5) is 29.0. The first-order chi connectivity index (χ1) is 22.8. The van der Waals surface area contributed by atoms with Gasteiger partial charge in [-0.1, -0.05) is 75.2 Å². The number of ether oxygens (including phenoxy) is 1. The molecule has 0 radical (unpaired) electrons. The molecule has 3 N–H and O–H groups in total. The number of thioether (sulfide) groups is 1. The van der Waals surface area contributed by atoms with Gasteiger partial charge < -0.3 is 20.3 Å². The predicted octanol–water partition coefficient (Wildman–Crippen LogP) is 5.16. The summed E-state index contributed by atoms with van der Waals surface area (Å²) in [5.41, 5.74) is 1.41. The molecule has 11 nitrogen and oxygen atoms in total. The molecule has 0 spiro atoms. The van der Waals surface area contributed by atoms with E-state index in [4.69, 9.17) is 9.29 Å². The molecule has 3 aromatic rings. The second kappa shape index (κ2) is 16.2. The van der Waals surface area contributed by atoms with Crippen LogP contribution in [0, 0.1) is 5.41 Å². The SMILES string of the molecule is CCCC[C@]1(CC)CN(c2ccccc2)c2cc(SC)c(OCC(=O)N[C@@H](C(=O)NCCS(=O)(=O)O)c3ccccc3)cc2S(=O)(=O)C1. The summed E-state index contributed by atoms with van der Waals surface area (Å²) in [7, 11) is -8.08. The zero-order valence-electron chi connectivity index (χ0n) is 27.3. The van der Waals surface area contributed by atoms with Gasteiger partial charge in [-0.15, -0.1) is 11.8 Å². The molecule has 4 rings (SSSR count). The summed E-state index contributed by atoms with van der Waals surface area (Å²) >= 11 is 1.36. The highest BCUT2D eigenvalue weighted by Crippen LogP contribution is 2.47. The van der Waals surface area contributed by atoms with Crippen molar-refractivity contribution in [2.75, 3.05) is 42.4 Å². The summed E-state index contributed by atoms with van der Waals surface area (Å²) in [5, 5.41) is 5.04. The molecule has 2 atom stereocenters. The molecular formula is C34H43N3O8S3. The van der Waals surface area contributed by atoms with Crippen LogP contribution >= 0.6 is 11.8 Å². The lowest BCUT2D eigenvalue weighted by Gasteiger charge is -2.36. The summed E-state index contributed by atoms with van der Waals surface area (Å²) in [6.45, 7) is 3.80. The molecule has 3 aromatic carbocycles. The number of nitrogens with zero attached hydrogens (tertiary/aromatic N) is 1. The molecule has 14 heteroatoms. The van der Waals surface area contributed by atoms with Crippen LogP contribution in [0.25, 0.3) is 0 Å². The molecule has 48 heavy (non-hydrogen) atoms. The van der Waals surface area contributed by atoms with Gasteiger partial charge in [0.25, 0.3) is 16.0 Å². The molecule has 2 amide bonds. The number of unbranched alkanes of at least 4 members (excludes halogenated alkanes) is 1. The van der Waals surface area contributed by atoms with E-state index in [-0.39, 0.29) is 22.9 Å². The summed E-state index contributed by atoms with van der Waals surface area (Å²) in [5.74, 6) is -1.82. The molecule has 1 heterocycles. The Labute approximate surface area is 287 Å². The van der Waals surface area contributed by atoms with E-state index in [0.29, 0.717) is 29.1 Å². The fourth-order valence-electron chi connectivity index (χ4n) is 5.84. The predicted molar refractivity (Wildman–Crippen MR) is 188 cm³/mol. The van der Waals surface area contributed by atoms with E-state index in [1.165, 1.54) is 17.8 Å². The van der Waals surface area contributed by atoms with Crippen molar-refractivity contribution in [2.45, 2.75) is 55.4 Å². The van der Waals surface area contributed by atoms with Crippen molar-refractivity contribution in [3.05, 3.63) is 78.4 Å². The van der Waals surface area contributed by atoms with Crippen molar-refractivity contribution in [1.82, 2.24) is 10.6 Å². The average molecular weight is 718 g/mol. The van der Waals surface area contributed by atoms with E-state index in [9.17, 15) is 26.4 Å². The van der Waals surface area contributed by atoms with Crippen LogP contribution in [-0.4, -0.2) is 70.7 Å². The summed E-state index contributed by atoms with van der Waals surface area (Å²) < 4.78 is 65.5.